The van der Waals surface area contributed by atoms with E-state index >= 15 is 0 Å². The zero-order valence-electron chi connectivity index (χ0n) is 22.3. The van der Waals surface area contributed by atoms with Gasteiger partial charge in [0.15, 0.2) is 0 Å². The molecular formula is C24H54O4SiZr. The van der Waals surface area contributed by atoms with Crippen LogP contribution in [-0.4, -0.2) is 28.1 Å². The molecule has 0 aromatic carbocycles. The summed E-state index contributed by atoms with van der Waals surface area (Å²) in [7, 11) is -2.12. The summed E-state index contributed by atoms with van der Waals surface area (Å²) in [6, 6.07) is 3.43. The number of hydrogen-bond donors (Lipinski definition) is 0. The van der Waals surface area contributed by atoms with Gasteiger partial charge in [0.1, 0.15) is 0 Å². The quantitative estimate of drug-likeness (QED) is 0.182. The number of rotatable bonds is 17. The van der Waals surface area contributed by atoms with Crippen LogP contribution in [0.4, 0.5) is 0 Å². The predicted octanol–water partition coefficient (Wildman–Crippen LogP) is 7.75. The maximum atomic E-state index is 7.29. The first-order valence-electron chi connectivity index (χ1n) is 12.3. The molecule has 0 aliphatic heterocycles. The van der Waals surface area contributed by atoms with E-state index in [0.717, 1.165) is 18.1 Å². The summed E-state index contributed by atoms with van der Waals surface area (Å²) in [5, 5.41) is 0. The van der Waals surface area contributed by atoms with Gasteiger partial charge in [-0.2, -0.15) is 0 Å². The van der Waals surface area contributed by atoms with Gasteiger partial charge in [0, 0.05) is 0 Å². The molecule has 0 aromatic heterocycles. The minimum absolute atomic E-state index is 0.423. The van der Waals surface area contributed by atoms with Gasteiger partial charge in [-0.05, 0) is 0 Å². The van der Waals surface area contributed by atoms with E-state index in [1.54, 1.807) is 0 Å². The molecule has 6 heteroatoms. The normalized spacial score (nSPS) is 13.8. The molecule has 4 nitrogen and oxygen atoms in total. The maximum absolute atomic E-state index is 7.29. The Balaban J connectivity index is 6.17. The van der Waals surface area contributed by atoms with Crippen molar-refractivity contribution in [2.24, 2.45) is 35.5 Å². The van der Waals surface area contributed by atoms with E-state index in [1.807, 2.05) is 0 Å². The molecule has 0 aromatic rings. The summed E-state index contributed by atoms with van der Waals surface area (Å²) in [6.45, 7) is 28.9. The van der Waals surface area contributed by atoms with Crippen LogP contribution in [0.5, 0.6) is 0 Å². The van der Waals surface area contributed by atoms with Gasteiger partial charge in [-0.15, -0.1) is 0 Å². The van der Waals surface area contributed by atoms with Crippen LogP contribution in [0.1, 0.15) is 83.1 Å². The van der Waals surface area contributed by atoms with Crippen LogP contribution in [0.3, 0.4) is 0 Å². The standard InChI is InChI=1S/C12H27OSi.3C4H9O.Zr/c1-10(2)7-14(13,8-11(3)4)9-12(5)6;3*1-4(2)3-5;/h10-12H,7-9H2,1-6H3;3*4H,3H2,1-2H3;/q4*-1;+4. The summed E-state index contributed by atoms with van der Waals surface area (Å²) in [5.74, 6) is 3.05. The summed E-state index contributed by atoms with van der Waals surface area (Å²) < 4.78 is 27.0. The SMILES string of the molecule is CC(C)C[O][Zr]([O]CC(C)C)([O]CC(C)C)[O][Si](CC(C)C)(CC(C)C)CC(C)C. The molecule has 0 atom stereocenters. The first-order chi connectivity index (χ1) is 13.7. The Kier molecular flexibility index (Phi) is 15.4. The molecular weight excluding hydrogens is 472 g/mol. The van der Waals surface area contributed by atoms with Crippen LogP contribution in [0, 0.1) is 35.5 Å². The van der Waals surface area contributed by atoms with Crippen LogP contribution in [0.2, 0.25) is 18.1 Å². The van der Waals surface area contributed by atoms with E-state index in [-0.39, 0.29) is 0 Å². The molecule has 0 bridgehead atoms. The fourth-order valence-corrected chi connectivity index (χ4v) is 21.4. The van der Waals surface area contributed by atoms with E-state index in [4.69, 9.17) is 10.9 Å². The topological polar surface area (TPSA) is 36.9 Å². The zero-order valence-corrected chi connectivity index (χ0v) is 25.8. The summed E-state index contributed by atoms with van der Waals surface area (Å²) in [4.78, 5) is 0. The van der Waals surface area contributed by atoms with Crippen molar-refractivity contribution in [1.29, 1.82) is 0 Å². The molecule has 0 N–H and O–H groups in total. The Morgan fingerprint density at radius 1 is 0.467 bits per heavy atom. The molecule has 0 aliphatic carbocycles. The molecule has 0 spiro atoms. The van der Waals surface area contributed by atoms with Gasteiger partial charge >= 0.3 is 198 Å². The molecule has 0 aliphatic rings. The van der Waals surface area contributed by atoms with Gasteiger partial charge in [-0.3, -0.25) is 0 Å². The Hall–Kier alpha value is 0.940. The minimum atomic E-state index is -4.21. The van der Waals surface area contributed by atoms with Gasteiger partial charge in [0.05, 0.1) is 0 Å². The average molecular weight is 526 g/mol. The van der Waals surface area contributed by atoms with Crippen LogP contribution < -0.4 is 0 Å². The fraction of sp³-hybridized carbons (Fsp3) is 1.00. The molecule has 0 rings (SSSR count). The molecule has 0 unspecified atom stereocenters. The molecule has 0 saturated carbocycles. The summed E-state index contributed by atoms with van der Waals surface area (Å²) in [5.41, 5.74) is 0. The molecule has 0 heterocycles. The third-order valence-corrected chi connectivity index (χ3v) is 18.7. The fourth-order valence-electron chi connectivity index (χ4n) is 3.89. The van der Waals surface area contributed by atoms with E-state index in [9.17, 15) is 0 Å². The van der Waals surface area contributed by atoms with Crippen LogP contribution in [0.25, 0.3) is 0 Å². The van der Waals surface area contributed by atoms with E-state index in [2.05, 4.69) is 83.1 Å². The Labute approximate surface area is 197 Å². The van der Waals surface area contributed by atoms with Gasteiger partial charge in [0.2, 0.25) is 0 Å². The van der Waals surface area contributed by atoms with Crippen LogP contribution in [-0.2, 0) is 33.0 Å². The van der Waals surface area contributed by atoms with Crippen molar-refractivity contribution in [2.45, 2.75) is 101 Å². The van der Waals surface area contributed by atoms with Crippen LogP contribution in [0.15, 0.2) is 0 Å². The van der Waals surface area contributed by atoms with Crippen molar-refractivity contribution in [3.63, 3.8) is 0 Å². The third kappa shape index (κ3) is 14.2. The first kappa shape index (κ1) is 30.9. The van der Waals surface area contributed by atoms with Gasteiger partial charge in [0.25, 0.3) is 0 Å². The Bertz CT molecular complexity index is 381. The van der Waals surface area contributed by atoms with Crippen molar-refractivity contribution < 1.29 is 33.0 Å². The summed E-state index contributed by atoms with van der Waals surface area (Å²) >= 11 is -4.21. The van der Waals surface area contributed by atoms with Crippen molar-refractivity contribution >= 4 is 8.32 Å². The Morgan fingerprint density at radius 3 is 0.933 bits per heavy atom. The molecule has 0 fully saturated rings. The monoisotopic (exact) mass is 524 g/mol. The molecule has 182 valence electrons. The first-order valence-corrected chi connectivity index (χ1v) is 18.9. The molecule has 0 amide bonds. The second kappa shape index (κ2) is 15.0. The summed E-state index contributed by atoms with van der Waals surface area (Å²) in [6.07, 6.45) is 0. The van der Waals surface area contributed by atoms with Crippen molar-refractivity contribution in [2.75, 3.05) is 19.8 Å². The van der Waals surface area contributed by atoms with E-state index in [0.29, 0.717) is 55.3 Å². The van der Waals surface area contributed by atoms with Crippen molar-refractivity contribution in [3.8, 4) is 0 Å². The van der Waals surface area contributed by atoms with E-state index < -0.39 is 30.3 Å². The second-order valence-electron chi connectivity index (χ2n) is 11.7. The van der Waals surface area contributed by atoms with Gasteiger partial charge in [-0.25, -0.2) is 0 Å². The Morgan fingerprint density at radius 2 is 0.733 bits per heavy atom. The van der Waals surface area contributed by atoms with Gasteiger partial charge in [-0.1, -0.05) is 0 Å². The molecule has 0 saturated heterocycles. The van der Waals surface area contributed by atoms with Crippen molar-refractivity contribution in [3.05, 3.63) is 0 Å². The third-order valence-electron chi connectivity index (χ3n) is 4.46. The predicted molar refractivity (Wildman–Crippen MR) is 128 cm³/mol. The molecule has 30 heavy (non-hydrogen) atoms. The van der Waals surface area contributed by atoms with Crippen LogP contribution >= 0.6 is 0 Å². The van der Waals surface area contributed by atoms with Crippen molar-refractivity contribution in [1.82, 2.24) is 0 Å². The zero-order chi connectivity index (χ0) is 23.5. The average Bonchev–Trinajstić information content (AvgIpc) is 2.53. The van der Waals surface area contributed by atoms with E-state index in [1.165, 1.54) is 0 Å². The second-order valence-corrected chi connectivity index (χ2v) is 21.6. The van der Waals surface area contributed by atoms with Gasteiger partial charge < -0.3 is 0 Å². The molecule has 0 radical (unpaired) electrons. The number of hydrogen-bond acceptors (Lipinski definition) is 4.